The highest BCUT2D eigenvalue weighted by Gasteiger charge is 2.17. The molecule has 1 aromatic heterocycles. The standard InChI is InChI=1S/C24H25N3O4/c1-24(2,3)16-8-9-21(28)19(13-16)27-22(29)15-6-5-7-17(12-15)31-18-10-11-26-20(14-18)23(30)25-4/h5-14,28H,1-4H3,(H,25,30)(H,27,29). The number of nitrogens with one attached hydrogen (secondary N) is 2. The SMILES string of the molecule is CNC(=O)c1cc(Oc2cccc(C(=O)Nc3cc(C(C)(C)C)ccc3O)c2)ccn1. The van der Waals surface area contributed by atoms with Gasteiger partial charge in [0.05, 0.1) is 5.69 Å². The van der Waals surface area contributed by atoms with Crippen molar-refractivity contribution in [2.45, 2.75) is 26.2 Å². The van der Waals surface area contributed by atoms with E-state index in [4.69, 9.17) is 4.74 Å². The lowest BCUT2D eigenvalue weighted by Gasteiger charge is -2.20. The molecule has 7 nitrogen and oxygen atoms in total. The van der Waals surface area contributed by atoms with E-state index < -0.39 is 0 Å². The predicted molar refractivity (Wildman–Crippen MR) is 119 cm³/mol. The van der Waals surface area contributed by atoms with Gasteiger partial charge in [-0.1, -0.05) is 32.9 Å². The van der Waals surface area contributed by atoms with Crippen molar-refractivity contribution >= 4 is 17.5 Å². The van der Waals surface area contributed by atoms with Gasteiger partial charge in [-0.25, -0.2) is 0 Å². The Hall–Kier alpha value is -3.87. The molecule has 0 aliphatic heterocycles. The monoisotopic (exact) mass is 419 g/mol. The number of phenolic OH excluding ortho intramolecular Hbond substituents is 1. The second-order valence-corrected chi connectivity index (χ2v) is 8.02. The lowest BCUT2D eigenvalue weighted by Crippen LogP contribution is -2.18. The maximum Gasteiger partial charge on any atom is 0.269 e. The number of carbonyl (C=O) groups excluding carboxylic acids is 2. The molecule has 0 saturated carbocycles. The molecule has 0 radical (unpaired) electrons. The highest BCUT2D eigenvalue weighted by atomic mass is 16.5. The quantitative estimate of drug-likeness (QED) is 0.529. The van der Waals surface area contributed by atoms with Gasteiger partial charge in [0, 0.05) is 24.9 Å². The van der Waals surface area contributed by atoms with Crippen LogP contribution in [0.1, 0.15) is 47.2 Å². The first kappa shape index (κ1) is 21.8. The van der Waals surface area contributed by atoms with Crippen molar-refractivity contribution in [2.24, 2.45) is 0 Å². The highest BCUT2D eigenvalue weighted by molar-refractivity contribution is 6.05. The molecule has 0 bridgehead atoms. The van der Waals surface area contributed by atoms with Crippen LogP contribution in [0.25, 0.3) is 0 Å². The molecule has 3 aromatic rings. The second-order valence-electron chi connectivity index (χ2n) is 8.02. The van der Waals surface area contributed by atoms with Gasteiger partial charge < -0.3 is 20.5 Å². The molecule has 1 heterocycles. The number of rotatable bonds is 5. The lowest BCUT2D eigenvalue weighted by molar-refractivity contribution is 0.0957. The maximum absolute atomic E-state index is 12.8. The first-order valence-corrected chi connectivity index (χ1v) is 9.78. The number of phenols is 1. The summed E-state index contributed by atoms with van der Waals surface area (Å²) < 4.78 is 5.79. The first-order chi connectivity index (χ1) is 14.7. The van der Waals surface area contributed by atoms with Gasteiger partial charge in [-0.3, -0.25) is 14.6 Å². The first-order valence-electron chi connectivity index (χ1n) is 9.78. The summed E-state index contributed by atoms with van der Waals surface area (Å²) in [7, 11) is 1.52. The summed E-state index contributed by atoms with van der Waals surface area (Å²) in [4.78, 5) is 28.5. The van der Waals surface area contributed by atoms with E-state index in [9.17, 15) is 14.7 Å². The van der Waals surface area contributed by atoms with Crippen LogP contribution in [0.3, 0.4) is 0 Å². The molecule has 7 heteroatoms. The van der Waals surface area contributed by atoms with E-state index in [1.807, 2.05) is 6.07 Å². The molecule has 0 saturated heterocycles. The summed E-state index contributed by atoms with van der Waals surface area (Å²) in [6.07, 6.45) is 1.47. The van der Waals surface area contributed by atoms with Gasteiger partial charge in [-0.2, -0.15) is 0 Å². The number of carbonyl (C=O) groups is 2. The molecule has 2 amide bonds. The average molecular weight is 419 g/mol. The van der Waals surface area contributed by atoms with Gasteiger partial charge in [0.2, 0.25) is 0 Å². The van der Waals surface area contributed by atoms with E-state index in [1.54, 1.807) is 42.5 Å². The second kappa shape index (κ2) is 8.87. The number of ether oxygens (including phenoxy) is 1. The Morgan fingerprint density at radius 2 is 1.71 bits per heavy atom. The predicted octanol–water partition coefficient (Wildman–Crippen LogP) is 4.49. The number of benzene rings is 2. The van der Waals surface area contributed by atoms with Gasteiger partial charge in [0.15, 0.2) is 0 Å². The van der Waals surface area contributed by atoms with E-state index in [0.717, 1.165) is 5.56 Å². The van der Waals surface area contributed by atoms with E-state index in [-0.39, 0.29) is 28.7 Å². The molecule has 2 aromatic carbocycles. The zero-order chi connectivity index (χ0) is 22.6. The fourth-order valence-electron chi connectivity index (χ4n) is 2.86. The van der Waals surface area contributed by atoms with Crippen LogP contribution in [0.15, 0.2) is 60.8 Å². The Morgan fingerprint density at radius 3 is 2.42 bits per heavy atom. The Kier molecular flexibility index (Phi) is 6.25. The zero-order valence-electron chi connectivity index (χ0n) is 17.9. The van der Waals surface area contributed by atoms with Crippen molar-refractivity contribution in [3.63, 3.8) is 0 Å². The number of hydrogen-bond acceptors (Lipinski definition) is 5. The van der Waals surface area contributed by atoms with Gasteiger partial charge in [-0.05, 0) is 47.4 Å². The normalized spacial score (nSPS) is 11.0. The summed E-state index contributed by atoms with van der Waals surface area (Å²) in [6, 6.07) is 14.9. The zero-order valence-corrected chi connectivity index (χ0v) is 17.9. The number of amides is 2. The number of pyridine rings is 1. The number of anilines is 1. The van der Waals surface area contributed by atoms with Crippen LogP contribution in [0.4, 0.5) is 5.69 Å². The molecule has 0 aliphatic carbocycles. The number of aromatic nitrogens is 1. The van der Waals surface area contributed by atoms with Crippen LogP contribution in [0.5, 0.6) is 17.2 Å². The van der Waals surface area contributed by atoms with Crippen LogP contribution in [0.2, 0.25) is 0 Å². The van der Waals surface area contributed by atoms with Gasteiger partial charge >= 0.3 is 0 Å². The van der Waals surface area contributed by atoms with Crippen molar-refractivity contribution in [3.05, 3.63) is 77.6 Å². The number of hydrogen-bond donors (Lipinski definition) is 3. The third kappa shape index (κ3) is 5.39. The summed E-state index contributed by atoms with van der Waals surface area (Å²) in [5.74, 6) is 0.131. The highest BCUT2D eigenvalue weighted by Crippen LogP contribution is 2.31. The number of aromatic hydroxyl groups is 1. The Morgan fingerprint density at radius 1 is 0.968 bits per heavy atom. The lowest BCUT2D eigenvalue weighted by atomic mass is 9.87. The molecule has 0 fully saturated rings. The Balaban J connectivity index is 1.79. The van der Waals surface area contributed by atoms with Crippen molar-refractivity contribution in [1.82, 2.24) is 10.3 Å². The fourth-order valence-corrected chi connectivity index (χ4v) is 2.86. The molecule has 0 aliphatic rings. The van der Waals surface area contributed by atoms with Gasteiger partial charge in [0.25, 0.3) is 11.8 Å². The Labute approximate surface area is 181 Å². The van der Waals surface area contributed by atoms with Crippen LogP contribution in [-0.2, 0) is 5.41 Å². The van der Waals surface area contributed by atoms with E-state index in [0.29, 0.717) is 22.7 Å². The summed E-state index contributed by atoms with van der Waals surface area (Å²) in [6.45, 7) is 6.17. The molecule has 31 heavy (non-hydrogen) atoms. The van der Waals surface area contributed by atoms with Crippen LogP contribution in [0, 0.1) is 0 Å². The van der Waals surface area contributed by atoms with E-state index >= 15 is 0 Å². The van der Waals surface area contributed by atoms with Crippen molar-refractivity contribution < 1.29 is 19.4 Å². The fraction of sp³-hybridized carbons (Fsp3) is 0.208. The molecule has 0 spiro atoms. The molecule has 0 atom stereocenters. The smallest absolute Gasteiger partial charge is 0.269 e. The molecular weight excluding hydrogens is 394 g/mol. The van der Waals surface area contributed by atoms with Crippen molar-refractivity contribution in [1.29, 1.82) is 0 Å². The van der Waals surface area contributed by atoms with E-state index in [1.165, 1.54) is 19.3 Å². The number of nitrogens with zero attached hydrogens (tertiary/aromatic N) is 1. The average Bonchev–Trinajstić information content (AvgIpc) is 2.74. The molecule has 0 unspecified atom stereocenters. The largest absolute Gasteiger partial charge is 0.506 e. The van der Waals surface area contributed by atoms with Crippen LogP contribution in [-0.4, -0.2) is 29.0 Å². The summed E-state index contributed by atoms with van der Waals surface area (Å²) in [5.41, 5.74) is 1.79. The Bertz CT molecular complexity index is 1120. The van der Waals surface area contributed by atoms with Gasteiger partial charge in [0.1, 0.15) is 22.9 Å². The minimum Gasteiger partial charge on any atom is -0.506 e. The van der Waals surface area contributed by atoms with Crippen LogP contribution >= 0.6 is 0 Å². The van der Waals surface area contributed by atoms with Crippen LogP contribution < -0.4 is 15.4 Å². The minimum absolute atomic E-state index is 0.00716. The van der Waals surface area contributed by atoms with E-state index in [2.05, 4.69) is 36.4 Å². The van der Waals surface area contributed by atoms with Crippen molar-refractivity contribution in [2.75, 3.05) is 12.4 Å². The molecule has 3 N–H and O–H groups in total. The molecular formula is C24H25N3O4. The summed E-state index contributed by atoms with van der Waals surface area (Å²) >= 11 is 0. The molecule has 160 valence electrons. The molecule has 3 rings (SSSR count). The summed E-state index contributed by atoms with van der Waals surface area (Å²) in [5, 5.41) is 15.4. The third-order valence-corrected chi connectivity index (χ3v) is 4.63. The van der Waals surface area contributed by atoms with Crippen molar-refractivity contribution in [3.8, 4) is 17.2 Å². The topological polar surface area (TPSA) is 101 Å². The minimum atomic E-state index is -0.382. The van der Waals surface area contributed by atoms with Gasteiger partial charge in [-0.15, -0.1) is 0 Å². The third-order valence-electron chi connectivity index (χ3n) is 4.63. The maximum atomic E-state index is 12.8.